The number of nitrogens with zero attached hydrogens (tertiary/aromatic N) is 4. The van der Waals surface area contributed by atoms with E-state index in [1.54, 1.807) is 19.3 Å². The monoisotopic (exact) mass is 405 g/mol. The Kier molecular flexibility index (Phi) is 5.53. The van der Waals surface area contributed by atoms with Crippen LogP contribution in [0.5, 0.6) is 0 Å². The fraction of sp³-hybridized carbons (Fsp3) is 0.391. The molecule has 3 aromatic rings. The Balaban J connectivity index is 1.59. The zero-order valence-corrected chi connectivity index (χ0v) is 17.7. The maximum absolute atomic E-state index is 12.4. The largest absolute Gasteiger partial charge is 0.423 e. The van der Waals surface area contributed by atoms with Gasteiger partial charge in [0.25, 0.3) is 6.01 Å². The van der Waals surface area contributed by atoms with Gasteiger partial charge in [0, 0.05) is 29.7 Å². The quantitative estimate of drug-likeness (QED) is 0.570. The van der Waals surface area contributed by atoms with Gasteiger partial charge in [-0.1, -0.05) is 19.1 Å². The number of nitrogens with one attached hydrogen (secondary N) is 1. The lowest BCUT2D eigenvalue weighted by Crippen LogP contribution is -2.59. The molecule has 0 amide bonds. The summed E-state index contributed by atoms with van der Waals surface area (Å²) >= 11 is 0. The van der Waals surface area contributed by atoms with E-state index in [2.05, 4.69) is 32.1 Å². The van der Waals surface area contributed by atoms with Crippen LogP contribution in [0.4, 0.5) is 17.7 Å². The lowest BCUT2D eigenvalue weighted by molar-refractivity contribution is -0.125. The smallest absolute Gasteiger partial charge is 0.298 e. The van der Waals surface area contributed by atoms with Gasteiger partial charge in [0.1, 0.15) is 5.54 Å². The van der Waals surface area contributed by atoms with Gasteiger partial charge in [-0.15, -0.1) is 0 Å². The average molecular weight is 406 g/mol. The number of Topliss-reactive ketones (excluding diaryl/α,β-unsaturated/α-hetero) is 1. The molecule has 7 nitrogen and oxygen atoms in total. The van der Waals surface area contributed by atoms with Gasteiger partial charge in [-0.25, -0.2) is 15.0 Å². The Bertz CT molecular complexity index is 1040. The Labute approximate surface area is 176 Å². The summed E-state index contributed by atoms with van der Waals surface area (Å²) in [6.07, 6.45) is 7.15. The van der Waals surface area contributed by atoms with Crippen molar-refractivity contribution in [2.45, 2.75) is 52.0 Å². The Morgan fingerprint density at radius 1 is 1.27 bits per heavy atom. The molecule has 1 N–H and O–H groups in total. The standard InChI is InChI=1S/C23H27N5O2/c1-4-13-28(23(17(3)29)10-6-11-23)22-25-15-20(30-22)18-7-5-8-19(14-18)27-21-24-12-9-16(2)26-21/h5,7-9,12,14-15H,4,6,10-11,13H2,1-3H3,(H,24,26,27). The maximum Gasteiger partial charge on any atom is 0.298 e. The van der Waals surface area contributed by atoms with Crippen molar-refractivity contribution in [1.82, 2.24) is 15.0 Å². The van der Waals surface area contributed by atoms with Crippen molar-refractivity contribution in [3.8, 4) is 11.3 Å². The van der Waals surface area contributed by atoms with Crippen LogP contribution in [0.25, 0.3) is 11.3 Å². The highest BCUT2D eigenvalue weighted by Crippen LogP contribution is 2.42. The summed E-state index contributed by atoms with van der Waals surface area (Å²) in [5.74, 6) is 1.40. The van der Waals surface area contributed by atoms with Gasteiger partial charge < -0.3 is 14.6 Å². The van der Waals surface area contributed by atoms with Gasteiger partial charge in [0.15, 0.2) is 11.5 Å². The number of benzene rings is 1. The van der Waals surface area contributed by atoms with E-state index in [1.165, 1.54) is 0 Å². The van der Waals surface area contributed by atoms with E-state index in [4.69, 9.17) is 4.42 Å². The van der Waals surface area contributed by atoms with Gasteiger partial charge in [0.2, 0.25) is 5.95 Å². The van der Waals surface area contributed by atoms with E-state index < -0.39 is 5.54 Å². The number of ketones is 1. The molecule has 7 heteroatoms. The Morgan fingerprint density at radius 3 is 2.77 bits per heavy atom. The molecule has 0 aliphatic heterocycles. The number of anilines is 3. The molecule has 0 radical (unpaired) electrons. The molecule has 1 aliphatic rings. The van der Waals surface area contributed by atoms with E-state index in [1.807, 2.05) is 37.3 Å². The normalized spacial score (nSPS) is 14.8. The molecule has 1 saturated carbocycles. The molecule has 0 spiro atoms. The number of hydrogen-bond donors (Lipinski definition) is 1. The van der Waals surface area contributed by atoms with Gasteiger partial charge in [0.05, 0.1) is 6.20 Å². The fourth-order valence-corrected chi connectivity index (χ4v) is 3.95. The lowest BCUT2D eigenvalue weighted by atomic mass is 9.72. The summed E-state index contributed by atoms with van der Waals surface area (Å²) in [4.78, 5) is 27.6. The van der Waals surface area contributed by atoms with Crippen LogP contribution >= 0.6 is 0 Å². The summed E-state index contributed by atoms with van der Waals surface area (Å²) in [6.45, 7) is 6.45. The average Bonchev–Trinajstić information content (AvgIpc) is 3.16. The van der Waals surface area contributed by atoms with Crippen molar-refractivity contribution in [3.05, 3.63) is 48.4 Å². The molecule has 30 heavy (non-hydrogen) atoms. The highest BCUT2D eigenvalue weighted by molar-refractivity contribution is 5.90. The molecule has 1 aromatic carbocycles. The first-order valence-electron chi connectivity index (χ1n) is 10.4. The minimum Gasteiger partial charge on any atom is -0.423 e. The molecule has 0 saturated heterocycles. The van der Waals surface area contributed by atoms with Crippen molar-refractivity contribution >= 4 is 23.4 Å². The van der Waals surface area contributed by atoms with Crippen LogP contribution in [-0.4, -0.2) is 32.8 Å². The summed E-state index contributed by atoms with van der Waals surface area (Å²) in [5, 5.41) is 3.22. The number of aryl methyl sites for hydroxylation is 1. The lowest BCUT2D eigenvalue weighted by Gasteiger charge is -2.47. The summed E-state index contributed by atoms with van der Waals surface area (Å²) in [5.41, 5.74) is 2.19. The molecule has 0 unspecified atom stereocenters. The molecular formula is C23H27N5O2. The number of carbonyl (C=O) groups excluding carboxylic acids is 1. The van der Waals surface area contributed by atoms with Gasteiger partial charge in [-0.05, 0) is 57.7 Å². The third-order valence-corrected chi connectivity index (χ3v) is 5.72. The topological polar surface area (TPSA) is 84.2 Å². The first-order valence-corrected chi connectivity index (χ1v) is 10.4. The maximum atomic E-state index is 12.4. The SMILES string of the molecule is CCCN(c1ncc(-c2cccc(Nc3nccc(C)n3)c2)o1)C1(C(C)=O)CCC1. The summed E-state index contributed by atoms with van der Waals surface area (Å²) < 4.78 is 6.14. The molecule has 1 aliphatic carbocycles. The van der Waals surface area contributed by atoms with Crippen LogP contribution in [0.15, 0.2) is 47.1 Å². The second-order valence-electron chi connectivity index (χ2n) is 7.83. The summed E-state index contributed by atoms with van der Waals surface area (Å²) in [6, 6.07) is 10.2. The molecule has 2 heterocycles. The van der Waals surface area contributed by atoms with Crippen LogP contribution < -0.4 is 10.2 Å². The predicted molar refractivity (Wildman–Crippen MR) is 117 cm³/mol. The van der Waals surface area contributed by atoms with Crippen LogP contribution in [-0.2, 0) is 4.79 Å². The minimum atomic E-state index is -0.468. The van der Waals surface area contributed by atoms with Crippen molar-refractivity contribution in [2.24, 2.45) is 0 Å². The minimum absolute atomic E-state index is 0.186. The molecule has 1 fully saturated rings. The highest BCUT2D eigenvalue weighted by atomic mass is 16.4. The van der Waals surface area contributed by atoms with Crippen molar-refractivity contribution in [2.75, 3.05) is 16.8 Å². The van der Waals surface area contributed by atoms with Gasteiger partial charge in [-0.3, -0.25) is 4.79 Å². The Morgan fingerprint density at radius 2 is 2.10 bits per heavy atom. The third kappa shape index (κ3) is 3.79. The first-order chi connectivity index (χ1) is 14.5. The van der Waals surface area contributed by atoms with Gasteiger partial charge in [-0.2, -0.15) is 0 Å². The van der Waals surface area contributed by atoms with Crippen LogP contribution in [0.2, 0.25) is 0 Å². The predicted octanol–water partition coefficient (Wildman–Crippen LogP) is 4.91. The van der Waals surface area contributed by atoms with E-state index in [-0.39, 0.29) is 5.78 Å². The highest BCUT2D eigenvalue weighted by Gasteiger charge is 2.48. The molecule has 2 aromatic heterocycles. The molecule has 4 rings (SSSR count). The van der Waals surface area contributed by atoms with Crippen molar-refractivity contribution in [1.29, 1.82) is 0 Å². The van der Waals surface area contributed by atoms with E-state index in [0.29, 0.717) is 17.7 Å². The second kappa shape index (κ2) is 8.26. The third-order valence-electron chi connectivity index (χ3n) is 5.72. The van der Waals surface area contributed by atoms with Crippen molar-refractivity contribution < 1.29 is 9.21 Å². The summed E-state index contributed by atoms with van der Waals surface area (Å²) in [7, 11) is 0. The van der Waals surface area contributed by atoms with Crippen LogP contribution in [0.1, 0.15) is 45.2 Å². The number of carbonyl (C=O) groups is 1. The molecule has 156 valence electrons. The van der Waals surface area contributed by atoms with Crippen molar-refractivity contribution in [3.63, 3.8) is 0 Å². The molecule has 0 bridgehead atoms. The zero-order valence-electron chi connectivity index (χ0n) is 17.7. The van der Waals surface area contributed by atoms with E-state index in [0.717, 1.165) is 49.2 Å². The number of aromatic nitrogens is 3. The van der Waals surface area contributed by atoms with E-state index >= 15 is 0 Å². The molecular weight excluding hydrogens is 378 g/mol. The molecule has 0 atom stereocenters. The fourth-order valence-electron chi connectivity index (χ4n) is 3.95. The van der Waals surface area contributed by atoms with E-state index in [9.17, 15) is 4.79 Å². The Hall–Kier alpha value is -3.22. The van der Waals surface area contributed by atoms with Crippen LogP contribution in [0.3, 0.4) is 0 Å². The number of rotatable bonds is 8. The number of oxazole rings is 1. The van der Waals surface area contributed by atoms with Gasteiger partial charge >= 0.3 is 0 Å². The zero-order chi connectivity index (χ0) is 21.1. The van der Waals surface area contributed by atoms with Crippen LogP contribution in [0, 0.1) is 6.92 Å². The second-order valence-corrected chi connectivity index (χ2v) is 7.83. The first kappa shape index (κ1) is 20.1. The number of hydrogen-bond acceptors (Lipinski definition) is 7.